The Balaban J connectivity index is 4.45. The van der Waals surface area contributed by atoms with E-state index in [1.165, 1.54) is 13.8 Å². The summed E-state index contributed by atoms with van der Waals surface area (Å²) in [5.74, 6) is 11.9. The maximum Gasteiger partial charge on any atom is 0.268 e. The molecule has 0 aliphatic heterocycles. The molecule has 5 heteroatoms. The molecule has 114 valence electrons. The van der Waals surface area contributed by atoms with E-state index in [-0.39, 0.29) is 17.5 Å². The minimum atomic E-state index is -3.71. The van der Waals surface area contributed by atoms with Crippen molar-refractivity contribution in [2.24, 2.45) is 5.92 Å². The van der Waals surface area contributed by atoms with Crippen molar-refractivity contribution >= 4 is 15.9 Å². The van der Waals surface area contributed by atoms with Crippen molar-refractivity contribution in [1.82, 2.24) is 0 Å². The molecular weight excluding hydrogens is 288 g/mol. The number of Topliss-reactive ketones (excluding diaryl/α,β-unsaturated/α-hetero) is 1. The molecule has 0 saturated heterocycles. The van der Waals surface area contributed by atoms with Gasteiger partial charge in [-0.2, -0.15) is 8.42 Å². The molecule has 2 unspecified atom stereocenters. The molecule has 0 rings (SSSR count). The minimum Gasteiger partial charge on any atom is -0.297 e. The minimum absolute atomic E-state index is 0.0657. The smallest absolute Gasteiger partial charge is 0.268 e. The first-order valence-electron chi connectivity index (χ1n) is 6.67. The Morgan fingerprint density at radius 1 is 1.29 bits per heavy atom. The molecule has 0 N–H and O–H groups in total. The molecule has 0 aromatic heterocycles. The van der Waals surface area contributed by atoms with Gasteiger partial charge in [-0.1, -0.05) is 19.3 Å². The van der Waals surface area contributed by atoms with Gasteiger partial charge in [-0.05, 0) is 49.9 Å². The molecule has 0 aliphatic carbocycles. The molecule has 0 bridgehead atoms. The first-order valence-corrected chi connectivity index (χ1v) is 8.25. The second-order valence-electron chi connectivity index (χ2n) is 4.58. The zero-order valence-electron chi connectivity index (χ0n) is 12.6. The van der Waals surface area contributed by atoms with Crippen molar-refractivity contribution < 1.29 is 17.4 Å². The number of carbonyl (C=O) groups excluding carboxylic acids is 1. The number of carbonyl (C=O) groups is 1. The normalized spacial score (nSPS) is 12.9. The van der Waals surface area contributed by atoms with E-state index in [1.54, 1.807) is 0 Å². The average molecular weight is 308 g/mol. The predicted octanol–water partition coefficient (Wildman–Crippen LogP) is 1.76. The SMILES string of the molecule is C#CC#CC#CCCC(CC)CS(=O)(=O)OC(C)C(C)=O. The third kappa shape index (κ3) is 9.74. The molecule has 0 aromatic rings. The largest absolute Gasteiger partial charge is 0.297 e. The van der Waals surface area contributed by atoms with E-state index in [0.29, 0.717) is 19.3 Å². The molecule has 0 fully saturated rings. The monoisotopic (exact) mass is 308 g/mol. The fourth-order valence-electron chi connectivity index (χ4n) is 1.47. The van der Waals surface area contributed by atoms with E-state index in [2.05, 4.69) is 29.6 Å². The molecule has 0 aliphatic rings. The maximum absolute atomic E-state index is 11.8. The Kier molecular flexibility index (Phi) is 9.22. The van der Waals surface area contributed by atoms with Crippen LogP contribution in [0.4, 0.5) is 0 Å². The summed E-state index contributed by atoms with van der Waals surface area (Å²) in [6, 6.07) is 0. The van der Waals surface area contributed by atoms with Gasteiger partial charge in [0.2, 0.25) is 0 Å². The highest BCUT2D eigenvalue weighted by atomic mass is 32.2. The molecule has 0 heterocycles. The van der Waals surface area contributed by atoms with E-state index in [4.69, 9.17) is 10.6 Å². The highest BCUT2D eigenvalue weighted by Crippen LogP contribution is 2.15. The summed E-state index contributed by atoms with van der Waals surface area (Å²) in [7, 11) is -3.71. The Hall–Kier alpha value is -1.74. The zero-order chi connectivity index (χ0) is 16.3. The highest BCUT2D eigenvalue weighted by Gasteiger charge is 2.22. The van der Waals surface area contributed by atoms with Gasteiger partial charge in [0.1, 0.15) is 6.10 Å². The predicted molar refractivity (Wildman–Crippen MR) is 82.4 cm³/mol. The Morgan fingerprint density at radius 3 is 2.48 bits per heavy atom. The Bertz CT molecular complexity index is 603. The molecule has 2 atom stereocenters. The molecule has 0 saturated carbocycles. The van der Waals surface area contributed by atoms with Crippen LogP contribution in [0.15, 0.2) is 0 Å². The number of terminal acetylenes is 1. The number of hydrogen-bond acceptors (Lipinski definition) is 4. The topological polar surface area (TPSA) is 60.4 Å². The van der Waals surface area contributed by atoms with E-state index < -0.39 is 16.2 Å². The average Bonchev–Trinajstić information content (AvgIpc) is 2.40. The standard InChI is InChI=1S/C16H20O4S/c1-5-7-8-9-10-11-12-16(6-2)13-21(18,19)20-15(4)14(3)17/h1,15-16H,6,11-13H2,2-4H3. The second-order valence-corrected chi connectivity index (χ2v) is 6.22. The van der Waals surface area contributed by atoms with Gasteiger partial charge >= 0.3 is 0 Å². The Morgan fingerprint density at radius 2 is 1.95 bits per heavy atom. The summed E-state index contributed by atoms with van der Waals surface area (Å²) >= 11 is 0. The molecule has 0 spiro atoms. The van der Waals surface area contributed by atoms with Gasteiger partial charge in [-0.3, -0.25) is 8.98 Å². The van der Waals surface area contributed by atoms with Crippen LogP contribution in [0.1, 0.15) is 40.0 Å². The van der Waals surface area contributed by atoms with Crippen molar-refractivity contribution in [3.05, 3.63) is 0 Å². The molecule has 0 amide bonds. The van der Waals surface area contributed by atoms with Crippen molar-refractivity contribution in [1.29, 1.82) is 0 Å². The van der Waals surface area contributed by atoms with Gasteiger partial charge in [-0.15, -0.1) is 6.42 Å². The summed E-state index contributed by atoms with van der Waals surface area (Å²) in [4.78, 5) is 11.0. The molecule has 0 radical (unpaired) electrons. The van der Waals surface area contributed by atoms with Gasteiger partial charge in [0, 0.05) is 6.42 Å². The van der Waals surface area contributed by atoms with Crippen LogP contribution < -0.4 is 0 Å². The number of rotatable bonds is 8. The summed E-state index contributed by atoms with van der Waals surface area (Å²) < 4.78 is 28.5. The van der Waals surface area contributed by atoms with Crippen molar-refractivity contribution in [3.63, 3.8) is 0 Å². The van der Waals surface area contributed by atoms with Gasteiger partial charge in [0.05, 0.1) is 5.75 Å². The van der Waals surface area contributed by atoms with E-state index in [9.17, 15) is 13.2 Å². The number of ketones is 1. The lowest BCUT2D eigenvalue weighted by atomic mass is 10.0. The van der Waals surface area contributed by atoms with Crippen molar-refractivity contribution in [2.75, 3.05) is 5.75 Å². The van der Waals surface area contributed by atoms with E-state index in [0.717, 1.165) is 0 Å². The quantitative estimate of drug-likeness (QED) is 0.506. The van der Waals surface area contributed by atoms with Gasteiger partial charge < -0.3 is 0 Å². The second kappa shape index (κ2) is 10.1. The summed E-state index contributed by atoms with van der Waals surface area (Å²) in [6.45, 7) is 4.63. The fraction of sp³-hybridized carbons (Fsp3) is 0.562. The molecule has 0 aromatic carbocycles. The van der Waals surface area contributed by atoms with Crippen LogP contribution >= 0.6 is 0 Å². The summed E-state index contributed by atoms with van der Waals surface area (Å²) in [5.41, 5.74) is 0. The fourth-order valence-corrected chi connectivity index (χ4v) is 3.10. The molecule has 4 nitrogen and oxygen atoms in total. The summed E-state index contributed by atoms with van der Waals surface area (Å²) in [6.07, 6.45) is 5.86. The van der Waals surface area contributed by atoms with E-state index in [1.807, 2.05) is 6.92 Å². The molecular formula is C16H20O4S. The maximum atomic E-state index is 11.8. The first-order chi connectivity index (χ1) is 9.82. The Labute approximate surface area is 127 Å². The van der Waals surface area contributed by atoms with Gasteiger partial charge in [0.25, 0.3) is 10.1 Å². The lowest BCUT2D eigenvalue weighted by Crippen LogP contribution is -2.26. The van der Waals surface area contributed by atoms with E-state index >= 15 is 0 Å². The van der Waals surface area contributed by atoms with Gasteiger partial charge in [-0.25, -0.2) is 0 Å². The van der Waals surface area contributed by atoms with Crippen LogP contribution in [0.3, 0.4) is 0 Å². The van der Waals surface area contributed by atoms with Crippen LogP contribution in [-0.2, 0) is 19.1 Å². The third-order valence-corrected chi connectivity index (χ3v) is 4.31. The van der Waals surface area contributed by atoms with Crippen LogP contribution in [0.2, 0.25) is 0 Å². The van der Waals surface area contributed by atoms with Crippen LogP contribution in [0.5, 0.6) is 0 Å². The lowest BCUT2D eigenvalue weighted by molar-refractivity contribution is -0.122. The number of hydrogen-bond donors (Lipinski definition) is 0. The first kappa shape index (κ1) is 19.3. The molecule has 21 heavy (non-hydrogen) atoms. The summed E-state index contributed by atoms with van der Waals surface area (Å²) in [5, 5.41) is 0. The van der Waals surface area contributed by atoms with Crippen LogP contribution in [-0.4, -0.2) is 26.1 Å². The van der Waals surface area contributed by atoms with Crippen LogP contribution in [0, 0.1) is 41.9 Å². The van der Waals surface area contributed by atoms with Crippen molar-refractivity contribution in [2.45, 2.75) is 46.1 Å². The van der Waals surface area contributed by atoms with Crippen LogP contribution in [0.25, 0.3) is 0 Å². The zero-order valence-corrected chi connectivity index (χ0v) is 13.4. The highest BCUT2D eigenvalue weighted by molar-refractivity contribution is 7.86. The van der Waals surface area contributed by atoms with Crippen molar-refractivity contribution in [3.8, 4) is 36.0 Å². The lowest BCUT2D eigenvalue weighted by Gasteiger charge is -2.15. The van der Waals surface area contributed by atoms with Gasteiger partial charge in [0.15, 0.2) is 5.78 Å². The third-order valence-electron chi connectivity index (χ3n) is 2.84.